The third-order valence-corrected chi connectivity index (χ3v) is 4.09. The topological polar surface area (TPSA) is 80.0 Å². The van der Waals surface area contributed by atoms with E-state index in [9.17, 15) is 9.90 Å². The highest BCUT2D eigenvalue weighted by atomic mass is 16.3. The zero-order valence-corrected chi connectivity index (χ0v) is 12.5. The van der Waals surface area contributed by atoms with Gasteiger partial charge in [0.25, 0.3) is 0 Å². The van der Waals surface area contributed by atoms with Gasteiger partial charge in [-0.15, -0.1) is 0 Å². The summed E-state index contributed by atoms with van der Waals surface area (Å²) < 4.78 is 1.72. The zero-order valence-electron chi connectivity index (χ0n) is 12.5. The summed E-state index contributed by atoms with van der Waals surface area (Å²) in [5, 5.41) is 16.8. The van der Waals surface area contributed by atoms with Crippen molar-refractivity contribution in [2.75, 3.05) is 0 Å². The van der Waals surface area contributed by atoms with Crippen LogP contribution in [0.1, 0.15) is 30.1 Å². The van der Waals surface area contributed by atoms with Crippen molar-refractivity contribution in [3.05, 3.63) is 48.0 Å². The van der Waals surface area contributed by atoms with Crippen LogP contribution in [0.4, 0.5) is 0 Å². The van der Waals surface area contributed by atoms with Gasteiger partial charge in [0.2, 0.25) is 5.91 Å². The number of amides is 1. The Kier molecular flexibility index (Phi) is 4.20. The summed E-state index contributed by atoms with van der Waals surface area (Å²) in [5.74, 6) is 0.195. The largest absolute Gasteiger partial charge is 0.393 e. The molecule has 3 rings (SSSR count). The number of hydrogen-bond donors (Lipinski definition) is 2. The molecule has 2 heterocycles. The maximum absolute atomic E-state index is 12.3. The summed E-state index contributed by atoms with van der Waals surface area (Å²) in [6.07, 6.45) is 6.80. The molecule has 22 heavy (non-hydrogen) atoms. The first-order valence-electron chi connectivity index (χ1n) is 7.47. The number of pyridine rings is 1. The first kappa shape index (κ1) is 14.7. The van der Waals surface area contributed by atoms with E-state index in [1.54, 1.807) is 17.1 Å². The van der Waals surface area contributed by atoms with Crippen LogP contribution in [0.2, 0.25) is 0 Å². The van der Waals surface area contributed by atoms with Crippen LogP contribution in [0.25, 0.3) is 0 Å². The van der Waals surface area contributed by atoms with Gasteiger partial charge in [0.1, 0.15) is 0 Å². The minimum Gasteiger partial charge on any atom is -0.393 e. The summed E-state index contributed by atoms with van der Waals surface area (Å²) >= 11 is 0. The van der Waals surface area contributed by atoms with Crippen molar-refractivity contribution in [1.29, 1.82) is 0 Å². The van der Waals surface area contributed by atoms with Crippen molar-refractivity contribution in [2.45, 2.75) is 31.4 Å². The molecule has 1 amide bonds. The van der Waals surface area contributed by atoms with Gasteiger partial charge < -0.3 is 10.4 Å². The smallest absolute Gasteiger partial charge is 0.226 e. The average molecular weight is 300 g/mol. The molecular formula is C16H20N4O2. The predicted octanol–water partition coefficient (Wildman–Crippen LogP) is 0.986. The highest BCUT2D eigenvalue weighted by Crippen LogP contribution is 2.37. The molecule has 1 fully saturated rings. The highest BCUT2D eigenvalue weighted by Gasteiger charge is 2.36. The third kappa shape index (κ3) is 3.33. The molecule has 0 radical (unpaired) electrons. The molecule has 1 aliphatic rings. The van der Waals surface area contributed by atoms with Gasteiger partial charge in [-0.05, 0) is 30.9 Å². The summed E-state index contributed by atoms with van der Waals surface area (Å²) in [4.78, 5) is 16.5. The van der Waals surface area contributed by atoms with Crippen LogP contribution in [-0.2, 0) is 18.3 Å². The van der Waals surface area contributed by atoms with Gasteiger partial charge in [0.05, 0.1) is 24.8 Å². The number of nitrogens with zero attached hydrogens (tertiary/aromatic N) is 3. The zero-order chi connectivity index (χ0) is 15.5. The van der Waals surface area contributed by atoms with Gasteiger partial charge in [0, 0.05) is 30.7 Å². The molecule has 116 valence electrons. The van der Waals surface area contributed by atoms with E-state index in [1.807, 2.05) is 31.4 Å². The molecular weight excluding hydrogens is 280 g/mol. The number of carbonyl (C=O) groups excluding carboxylic acids is 1. The van der Waals surface area contributed by atoms with Gasteiger partial charge in [-0.3, -0.25) is 14.5 Å². The monoisotopic (exact) mass is 300 g/mol. The SMILES string of the molecule is Cn1cc([C@@H](NC(=O)Cc2ccccn2)C2CC(O)C2)cn1. The van der Waals surface area contributed by atoms with E-state index in [-0.39, 0.29) is 30.4 Å². The average Bonchev–Trinajstić information content (AvgIpc) is 2.89. The molecule has 1 saturated carbocycles. The number of rotatable bonds is 5. The maximum atomic E-state index is 12.3. The number of aryl methyl sites for hydroxylation is 1. The molecule has 1 atom stereocenters. The fraction of sp³-hybridized carbons (Fsp3) is 0.438. The van der Waals surface area contributed by atoms with Crippen molar-refractivity contribution in [2.24, 2.45) is 13.0 Å². The van der Waals surface area contributed by atoms with E-state index < -0.39 is 0 Å². The van der Waals surface area contributed by atoms with Gasteiger partial charge in [-0.1, -0.05) is 6.07 Å². The second-order valence-electron chi connectivity index (χ2n) is 5.88. The number of hydrogen-bond acceptors (Lipinski definition) is 4. The Morgan fingerprint density at radius 1 is 1.50 bits per heavy atom. The van der Waals surface area contributed by atoms with E-state index in [0.29, 0.717) is 12.8 Å². The minimum atomic E-state index is -0.253. The van der Waals surface area contributed by atoms with Crippen molar-refractivity contribution < 1.29 is 9.90 Å². The molecule has 6 nitrogen and oxygen atoms in total. The first-order valence-corrected chi connectivity index (χ1v) is 7.47. The highest BCUT2D eigenvalue weighted by molar-refractivity contribution is 5.78. The first-order chi connectivity index (χ1) is 10.6. The van der Waals surface area contributed by atoms with Crippen molar-refractivity contribution in [1.82, 2.24) is 20.1 Å². The Balaban J connectivity index is 1.68. The van der Waals surface area contributed by atoms with Gasteiger partial charge in [0.15, 0.2) is 0 Å². The lowest BCUT2D eigenvalue weighted by Gasteiger charge is -2.37. The Hall–Kier alpha value is -2.21. The fourth-order valence-electron chi connectivity index (χ4n) is 2.87. The van der Waals surface area contributed by atoms with E-state index in [0.717, 1.165) is 11.3 Å². The minimum absolute atomic E-state index is 0.0612. The van der Waals surface area contributed by atoms with Crippen LogP contribution in [0.15, 0.2) is 36.8 Å². The van der Waals surface area contributed by atoms with Crippen LogP contribution < -0.4 is 5.32 Å². The summed E-state index contributed by atoms with van der Waals surface area (Å²) in [6.45, 7) is 0. The van der Waals surface area contributed by atoms with E-state index in [4.69, 9.17) is 0 Å². The van der Waals surface area contributed by atoms with E-state index in [1.165, 1.54) is 0 Å². The van der Waals surface area contributed by atoms with Crippen molar-refractivity contribution >= 4 is 5.91 Å². The van der Waals surface area contributed by atoms with Gasteiger partial charge >= 0.3 is 0 Å². The van der Waals surface area contributed by atoms with Gasteiger partial charge in [-0.25, -0.2) is 0 Å². The number of aliphatic hydroxyl groups is 1. The molecule has 0 aromatic carbocycles. The molecule has 6 heteroatoms. The van der Waals surface area contributed by atoms with Crippen LogP contribution >= 0.6 is 0 Å². The van der Waals surface area contributed by atoms with E-state index >= 15 is 0 Å². The van der Waals surface area contributed by atoms with Crippen LogP contribution in [0.5, 0.6) is 0 Å². The fourth-order valence-corrected chi connectivity index (χ4v) is 2.87. The number of nitrogens with one attached hydrogen (secondary N) is 1. The van der Waals surface area contributed by atoms with Gasteiger partial charge in [-0.2, -0.15) is 5.10 Å². The standard InChI is InChI=1S/C16H20N4O2/c1-20-10-12(9-18-20)16(11-6-14(21)7-11)19-15(22)8-13-4-2-3-5-17-13/h2-5,9-11,14,16,21H,6-8H2,1H3,(H,19,22)/t11?,14?,16-/m0/s1. The van der Waals surface area contributed by atoms with Crippen molar-refractivity contribution in [3.8, 4) is 0 Å². The van der Waals surface area contributed by atoms with Crippen LogP contribution in [-0.4, -0.2) is 31.9 Å². The molecule has 2 N–H and O–H groups in total. The lowest BCUT2D eigenvalue weighted by molar-refractivity contribution is -0.122. The summed E-state index contributed by atoms with van der Waals surface area (Å²) in [7, 11) is 1.85. The Labute approximate surface area is 129 Å². The Morgan fingerprint density at radius 3 is 2.91 bits per heavy atom. The molecule has 0 saturated heterocycles. The summed E-state index contributed by atoms with van der Waals surface area (Å²) in [6, 6.07) is 5.44. The molecule has 0 bridgehead atoms. The van der Waals surface area contributed by atoms with E-state index in [2.05, 4.69) is 15.4 Å². The van der Waals surface area contributed by atoms with Crippen molar-refractivity contribution in [3.63, 3.8) is 0 Å². The Bertz CT molecular complexity index is 635. The summed E-state index contributed by atoms with van der Waals surface area (Å²) in [5.41, 5.74) is 1.73. The third-order valence-electron chi connectivity index (χ3n) is 4.09. The quantitative estimate of drug-likeness (QED) is 0.863. The maximum Gasteiger partial charge on any atom is 0.226 e. The lowest BCUT2D eigenvalue weighted by Crippen LogP contribution is -2.41. The molecule has 0 aliphatic heterocycles. The number of aliphatic hydroxyl groups excluding tert-OH is 1. The second kappa shape index (κ2) is 6.27. The van der Waals surface area contributed by atoms with Crippen LogP contribution in [0.3, 0.4) is 0 Å². The lowest BCUT2D eigenvalue weighted by atomic mass is 9.75. The molecule has 2 aromatic rings. The Morgan fingerprint density at radius 2 is 2.32 bits per heavy atom. The van der Waals surface area contributed by atoms with Crippen LogP contribution in [0, 0.1) is 5.92 Å². The molecule has 1 aliphatic carbocycles. The number of carbonyl (C=O) groups is 1. The molecule has 2 aromatic heterocycles. The molecule has 0 spiro atoms. The normalized spacial score (nSPS) is 21.9. The predicted molar refractivity (Wildman–Crippen MR) is 80.8 cm³/mol. The second-order valence-corrected chi connectivity index (χ2v) is 5.88. The number of aromatic nitrogens is 3. The molecule has 0 unspecified atom stereocenters.